The number of nitrogens with one attached hydrogen (secondary N) is 1. The van der Waals surface area contributed by atoms with E-state index >= 15 is 0 Å². The molecule has 1 aliphatic carbocycles. The third-order valence-corrected chi connectivity index (χ3v) is 4.96. The first-order valence-electron chi connectivity index (χ1n) is 7.32. The van der Waals surface area contributed by atoms with E-state index in [9.17, 15) is 0 Å². The first-order chi connectivity index (χ1) is 7.92. The summed E-state index contributed by atoms with van der Waals surface area (Å²) in [4.78, 5) is 2.42. The van der Waals surface area contributed by atoms with Crippen molar-refractivity contribution in [3.05, 3.63) is 0 Å². The molecule has 1 N–H and O–H groups in total. The Hall–Kier alpha value is -0.0800. The van der Waals surface area contributed by atoms with Gasteiger partial charge in [-0.1, -0.05) is 34.1 Å². The van der Waals surface area contributed by atoms with Gasteiger partial charge >= 0.3 is 0 Å². The zero-order valence-corrected chi connectivity index (χ0v) is 12.7. The normalized spacial score (nSPS) is 30.9. The highest BCUT2D eigenvalue weighted by atomic mass is 15.1. The van der Waals surface area contributed by atoms with Crippen LogP contribution in [0.15, 0.2) is 0 Å². The van der Waals surface area contributed by atoms with Crippen molar-refractivity contribution in [2.75, 3.05) is 20.6 Å². The van der Waals surface area contributed by atoms with Crippen molar-refractivity contribution in [1.82, 2.24) is 10.2 Å². The van der Waals surface area contributed by atoms with Crippen LogP contribution in [0.4, 0.5) is 0 Å². The topological polar surface area (TPSA) is 15.3 Å². The van der Waals surface area contributed by atoms with Crippen LogP contribution in [-0.2, 0) is 0 Å². The van der Waals surface area contributed by atoms with E-state index in [1.165, 1.54) is 25.7 Å². The van der Waals surface area contributed by atoms with Crippen molar-refractivity contribution in [1.29, 1.82) is 0 Å². The van der Waals surface area contributed by atoms with E-state index in [2.05, 4.69) is 52.0 Å². The van der Waals surface area contributed by atoms with Crippen LogP contribution in [0.25, 0.3) is 0 Å². The van der Waals surface area contributed by atoms with Crippen LogP contribution in [0.5, 0.6) is 0 Å². The largest absolute Gasteiger partial charge is 0.313 e. The summed E-state index contributed by atoms with van der Waals surface area (Å²) in [6.07, 6.45) is 5.38. The molecule has 2 heteroatoms. The number of likely N-dealkylation sites (N-methyl/N-ethyl adjacent to an activating group) is 2. The predicted octanol–water partition coefficient (Wildman–Crippen LogP) is 3.13. The van der Waals surface area contributed by atoms with Gasteiger partial charge in [0.2, 0.25) is 0 Å². The van der Waals surface area contributed by atoms with Crippen molar-refractivity contribution in [3.63, 3.8) is 0 Å². The maximum Gasteiger partial charge on any atom is 0.0246 e. The zero-order chi connectivity index (χ0) is 13.1. The summed E-state index contributed by atoms with van der Waals surface area (Å²) >= 11 is 0. The van der Waals surface area contributed by atoms with Gasteiger partial charge in [-0.15, -0.1) is 0 Å². The molecule has 3 atom stereocenters. The lowest BCUT2D eigenvalue weighted by molar-refractivity contribution is 0.0737. The molecular formula is C15H32N2. The summed E-state index contributed by atoms with van der Waals surface area (Å²) in [7, 11) is 4.46. The molecule has 1 fully saturated rings. The molecule has 0 aromatic carbocycles. The average molecular weight is 240 g/mol. The summed E-state index contributed by atoms with van der Waals surface area (Å²) < 4.78 is 0. The fraction of sp³-hybridized carbons (Fsp3) is 1.00. The van der Waals surface area contributed by atoms with Gasteiger partial charge in [-0.3, -0.25) is 0 Å². The fourth-order valence-corrected chi connectivity index (χ4v) is 3.22. The first-order valence-corrected chi connectivity index (χ1v) is 7.32. The van der Waals surface area contributed by atoms with Gasteiger partial charge in [0.05, 0.1) is 0 Å². The third kappa shape index (κ3) is 3.69. The lowest BCUT2D eigenvalue weighted by Crippen LogP contribution is -2.52. The Morgan fingerprint density at radius 2 is 1.82 bits per heavy atom. The summed E-state index contributed by atoms with van der Waals surface area (Å²) in [5.41, 5.74) is 0.505. The maximum atomic E-state index is 3.66. The predicted molar refractivity (Wildman–Crippen MR) is 76.4 cm³/mol. The average Bonchev–Trinajstić information content (AvgIpc) is 2.29. The van der Waals surface area contributed by atoms with Gasteiger partial charge in [0.15, 0.2) is 0 Å². The Morgan fingerprint density at radius 1 is 1.18 bits per heavy atom. The Labute approximate surface area is 108 Å². The molecule has 0 amide bonds. The molecule has 102 valence electrons. The molecule has 0 heterocycles. The highest BCUT2D eigenvalue weighted by Crippen LogP contribution is 2.41. The second kappa shape index (κ2) is 6.19. The van der Waals surface area contributed by atoms with E-state index in [0.29, 0.717) is 17.5 Å². The number of hydrogen-bond acceptors (Lipinski definition) is 2. The van der Waals surface area contributed by atoms with Crippen LogP contribution in [0.3, 0.4) is 0 Å². The van der Waals surface area contributed by atoms with E-state index < -0.39 is 0 Å². The van der Waals surface area contributed by atoms with Crippen molar-refractivity contribution in [3.8, 4) is 0 Å². The van der Waals surface area contributed by atoms with Gasteiger partial charge in [0.25, 0.3) is 0 Å². The molecule has 17 heavy (non-hydrogen) atoms. The Bertz CT molecular complexity index is 223. The van der Waals surface area contributed by atoms with Crippen LogP contribution < -0.4 is 5.32 Å². The smallest absolute Gasteiger partial charge is 0.0246 e. The second-order valence-electron chi connectivity index (χ2n) is 6.55. The molecule has 1 rings (SSSR count). The molecule has 1 aliphatic rings. The summed E-state index contributed by atoms with van der Waals surface area (Å²) in [5.74, 6) is 0.884. The Kier molecular flexibility index (Phi) is 5.46. The summed E-state index contributed by atoms with van der Waals surface area (Å²) in [6.45, 7) is 10.5. The van der Waals surface area contributed by atoms with Crippen molar-refractivity contribution in [2.45, 2.75) is 65.5 Å². The maximum absolute atomic E-state index is 3.66. The van der Waals surface area contributed by atoms with Crippen molar-refractivity contribution >= 4 is 0 Å². The molecule has 0 aliphatic heterocycles. The van der Waals surface area contributed by atoms with Crippen molar-refractivity contribution in [2.24, 2.45) is 11.3 Å². The van der Waals surface area contributed by atoms with Gasteiger partial charge in [-0.05, 0) is 51.2 Å². The standard InChI is InChI=1S/C15H32N2/c1-7-15(3,4)12-9-10-13(16-8-2)14(11-12)17(5)6/h12-14,16H,7-11H2,1-6H3. The van der Waals surface area contributed by atoms with Gasteiger partial charge in [0.1, 0.15) is 0 Å². The van der Waals surface area contributed by atoms with Crippen LogP contribution in [0.2, 0.25) is 0 Å². The van der Waals surface area contributed by atoms with Crippen LogP contribution >= 0.6 is 0 Å². The van der Waals surface area contributed by atoms with E-state index in [1.54, 1.807) is 0 Å². The minimum absolute atomic E-state index is 0.505. The summed E-state index contributed by atoms with van der Waals surface area (Å²) in [5, 5.41) is 3.66. The minimum atomic E-state index is 0.505. The van der Waals surface area contributed by atoms with E-state index in [0.717, 1.165) is 12.5 Å². The molecule has 0 saturated heterocycles. The third-order valence-electron chi connectivity index (χ3n) is 4.96. The quantitative estimate of drug-likeness (QED) is 0.794. The number of nitrogens with zero attached hydrogens (tertiary/aromatic N) is 1. The minimum Gasteiger partial charge on any atom is -0.313 e. The lowest BCUT2D eigenvalue weighted by atomic mass is 9.67. The second-order valence-corrected chi connectivity index (χ2v) is 6.55. The first kappa shape index (κ1) is 15.0. The monoisotopic (exact) mass is 240 g/mol. The fourth-order valence-electron chi connectivity index (χ4n) is 3.22. The number of hydrogen-bond donors (Lipinski definition) is 1. The SMILES string of the molecule is CCNC1CCC(C(C)(C)CC)CC1N(C)C. The molecule has 0 spiro atoms. The summed E-state index contributed by atoms with van der Waals surface area (Å²) in [6, 6.07) is 1.40. The molecule has 0 aromatic rings. The molecule has 0 radical (unpaired) electrons. The van der Waals surface area contributed by atoms with Crippen LogP contribution in [0, 0.1) is 11.3 Å². The van der Waals surface area contributed by atoms with Crippen LogP contribution in [-0.4, -0.2) is 37.6 Å². The molecular weight excluding hydrogens is 208 g/mol. The highest BCUT2D eigenvalue weighted by Gasteiger charge is 2.37. The molecule has 0 aromatic heterocycles. The molecule has 3 unspecified atom stereocenters. The Morgan fingerprint density at radius 3 is 2.29 bits per heavy atom. The zero-order valence-electron chi connectivity index (χ0n) is 12.7. The highest BCUT2D eigenvalue weighted by molar-refractivity contribution is 4.93. The van der Waals surface area contributed by atoms with Gasteiger partial charge < -0.3 is 10.2 Å². The molecule has 2 nitrogen and oxygen atoms in total. The van der Waals surface area contributed by atoms with Crippen LogP contribution in [0.1, 0.15) is 53.4 Å². The van der Waals surface area contributed by atoms with E-state index in [4.69, 9.17) is 0 Å². The van der Waals surface area contributed by atoms with Gasteiger partial charge in [0, 0.05) is 12.1 Å². The van der Waals surface area contributed by atoms with Crippen molar-refractivity contribution < 1.29 is 0 Å². The Balaban J connectivity index is 2.68. The molecule has 0 bridgehead atoms. The van der Waals surface area contributed by atoms with E-state index in [-0.39, 0.29) is 0 Å². The lowest BCUT2D eigenvalue weighted by Gasteiger charge is -2.45. The van der Waals surface area contributed by atoms with E-state index in [1.807, 2.05) is 0 Å². The van der Waals surface area contributed by atoms with Gasteiger partial charge in [-0.2, -0.15) is 0 Å². The van der Waals surface area contributed by atoms with Gasteiger partial charge in [-0.25, -0.2) is 0 Å². The number of rotatable bonds is 5. The molecule has 1 saturated carbocycles.